The third-order valence-electron chi connectivity index (χ3n) is 4.17. The predicted octanol–water partition coefficient (Wildman–Crippen LogP) is 5.07. The van der Waals surface area contributed by atoms with Crippen LogP contribution in [0.1, 0.15) is 69.9 Å². The molecule has 0 saturated heterocycles. The smallest absolute Gasteiger partial charge is 0.116 e. The zero-order chi connectivity index (χ0) is 17.4. The van der Waals surface area contributed by atoms with E-state index < -0.39 is 6.10 Å². The van der Waals surface area contributed by atoms with E-state index in [-0.39, 0.29) is 16.6 Å². The van der Waals surface area contributed by atoms with Crippen LogP contribution in [0, 0.1) is 0 Å². The molecule has 124 valence electrons. The molecule has 0 fully saturated rings. The van der Waals surface area contributed by atoms with Crippen LogP contribution in [0.25, 0.3) is 0 Å². The van der Waals surface area contributed by atoms with Crippen molar-refractivity contribution in [2.45, 2.75) is 58.5 Å². The van der Waals surface area contributed by atoms with Gasteiger partial charge in [0.15, 0.2) is 0 Å². The highest BCUT2D eigenvalue weighted by atomic mass is 16.3. The molecule has 2 heteroatoms. The maximum atomic E-state index is 11.1. The Kier molecular flexibility index (Phi) is 4.59. The zero-order valence-corrected chi connectivity index (χ0v) is 15.0. The van der Waals surface area contributed by atoms with Crippen molar-refractivity contribution in [1.29, 1.82) is 0 Å². The molecule has 0 aliphatic rings. The van der Waals surface area contributed by atoms with Gasteiger partial charge in [0.25, 0.3) is 0 Å². The Labute approximate surface area is 139 Å². The average molecular weight is 312 g/mol. The summed E-state index contributed by atoms with van der Waals surface area (Å²) in [5.41, 5.74) is 3.40. The fraction of sp³-hybridized carbons (Fsp3) is 0.429. The molecule has 0 spiro atoms. The fourth-order valence-electron chi connectivity index (χ4n) is 2.98. The van der Waals surface area contributed by atoms with Crippen LogP contribution in [0.4, 0.5) is 0 Å². The lowest BCUT2D eigenvalue weighted by molar-refractivity contribution is 0.214. The molecule has 0 bridgehead atoms. The van der Waals surface area contributed by atoms with Crippen molar-refractivity contribution in [2.75, 3.05) is 0 Å². The molecule has 0 aliphatic heterocycles. The fourth-order valence-corrected chi connectivity index (χ4v) is 2.98. The summed E-state index contributed by atoms with van der Waals surface area (Å²) in [5, 5.41) is 21.3. The summed E-state index contributed by atoms with van der Waals surface area (Å²) in [6, 6.07) is 13.3. The van der Waals surface area contributed by atoms with Crippen molar-refractivity contribution in [3.8, 4) is 5.75 Å². The molecule has 2 N–H and O–H groups in total. The van der Waals surface area contributed by atoms with E-state index >= 15 is 0 Å². The van der Waals surface area contributed by atoms with Crippen LogP contribution < -0.4 is 0 Å². The maximum absolute atomic E-state index is 11.1. The number of rotatable bonds is 2. The SMILES string of the molecule is CC(C)(C)c1cc(O)cc(C(C)(C)C)c1C(O)c1ccccc1. The lowest BCUT2D eigenvalue weighted by Crippen LogP contribution is -2.23. The monoisotopic (exact) mass is 312 g/mol. The summed E-state index contributed by atoms with van der Waals surface area (Å²) < 4.78 is 0. The second kappa shape index (κ2) is 6.01. The summed E-state index contributed by atoms with van der Waals surface area (Å²) >= 11 is 0. The minimum absolute atomic E-state index is 0.177. The number of phenolic OH excluding ortho intramolecular Hbond substituents is 1. The van der Waals surface area contributed by atoms with Crippen molar-refractivity contribution in [1.82, 2.24) is 0 Å². The van der Waals surface area contributed by atoms with Gasteiger partial charge in [-0.2, -0.15) is 0 Å². The van der Waals surface area contributed by atoms with Crippen LogP contribution in [-0.4, -0.2) is 10.2 Å². The molecule has 0 saturated carbocycles. The van der Waals surface area contributed by atoms with E-state index in [0.717, 1.165) is 22.3 Å². The van der Waals surface area contributed by atoms with Gasteiger partial charge < -0.3 is 10.2 Å². The van der Waals surface area contributed by atoms with E-state index in [0.29, 0.717) is 0 Å². The minimum atomic E-state index is -0.708. The summed E-state index contributed by atoms with van der Waals surface area (Å²) in [6.07, 6.45) is -0.708. The summed E-state index contributed by atoms with van der Waals surface area (Å²) in [7, 11) is 0. The number of aliphatic hydroxyl groups excluding tert-OH is 1. The molecule has 1 atom stereocenters. The summed E-state index contributed by atoms with van der Waals surface area (Å²) in [5.74, 6) is 0.254. The van der Waals surface area contributed by atoms with Gasteiger partial charge in [-0.25, -0.2) is 0 Å². The number of hydrogen-bond acceptors (Lipinski definition) is 2. The Morgan fingerprint density at radius 1 is 0.783 bits per heavy atom. The third-order valence-corrected chi connectivity index (χ3v) is 4.17. The van der Waals surface area contributed by atoms with Crippen molar-refractivity contribution < 1.29 is 10.2 Å². The van der Waals surface area contributed by atoms with E-state index in [1.807, 2.05) is 30.3 Å². The number of benzene rings is 2. The Balaban J connectivity index is 2.78. The molecular formula is C21H28O2. The van der Waals surface area contributed by atoms with E-state index in [2.05, 4.69) is 41.5 Å². The number of aromatic hydroxyl groups is 1. The summed E-state index contributed by atoms with van der Waals surface area (Å²) in [6.45, 7) is 12.6. The molecule has 0 aromatic heterocycles. The first kappa shape index (κ1) is 17.6. The van der Waals surface area contributed by atoms with Gasteiger partial charge in [0, 0.05) is 0 Å². The Bertz CT molecular complexity index is 638. The molecule has 2 nitrogen and oxygen atoms in total. The molecule has 0 amide bonds. The van der Waals surface area contributed by atoms with Gasteiger partial charge in [-0.15, -0.1) is 0 Å². The van der Waals surface area contributed by atoms with Crippen LogP contribution in [0.5, 0.6) is 5.75 Å². The van der Waals surface area contributed by atoms with Gasteiger partial charge in [-0.05, 0) is 45.2 Å². The van der Waals surface area contributed by atoms with Crippen LogP contribution in [0.3, 0.4) is 0 Å². The number of aliphatic hydroxyl groups is 1. The van der Waals surface area contributed by atoms with Crippen LogP contribution in [0.2, 0.25) is 0 Å². The van der Waals surface area contributed by atoms with Gasteiger partial charge >= 0.3 is 0 Å². The molecule has 0 heterocycles. The second-order valence-electron chi connectivity index (χ2n) is 8.27. The van der Waals surface area contributed by atoms with Gasteiger partial charge in [0.05, 0.1) is 0 Å². The Morgan fingerprint density at radius 2 is 1.22 bits per heavy atom. The molecule has 2 aromatic carbocycles. The van der Waals surface area contributed by atoms with E-state index in [4.69, 9.17) is 0 Å². The lowest BCUT2D eigenvalue weighted by atomic mass is 9.74. The maximum Gasteiger partial charge on any atom is 0.116 e. The van der Waals surface area contributed by atoms with E-state index in [1.165, 1.54) is 0 Å². The number of hydrogen-bond donors (Lipinski definition) is 2. The zero-order valence-electron chi connectivity index (χ0n) is 15.0. The van der Waals surface area contributed by atoms with Gasteiger partial charge in [0.2, 0.25) is 0 Å². The molecular weight excluding hydrogens is 284 g/mol. The van der Waals surface area contributed by atoms with Gasteiger partial charge in [0.1, 0.15) is 11.9 Å². The van der Waals surface area contributed by atoms with E-state index in [1.54, 1.807) is 12.1 Å². The topological polar surface area (TPSA) is 40.5 Å². The molecule has 23 heavy (non-hydrogen) atoms. The third kappa shape index (κ3) is 3.76. The lowest BCUT2D eigenvalue weighted by Gasteiger charge is -2.32. The van der Waals surface area contributed by atoms with Crippen LogP contribution in [-0.2, 0) is 10.8 Å². The van der Waals surface area contributed by atoms with Crippen molar-refractivity contribution in [3.05, 3.63) is 64.7 Å². The quantitative estimate of drug-likeness (QED) is 0.813. The van der Waals surface area contributed by atoms with Crippen molar-refractivity contribution >= 4 is 0 Å². The van der Waals surface area contributed by atoms with Crippen LogP contribution in [0.15, 0.2) is 42.5 Å². The first-order valence-electron chi connectivity index (χ1n) is 8.12. The van der Waals surface area contributed by atoms with Crippen LogP contribution >= 0.6 is 0 Å². The van der Waals surface area contributed by atoms with E-state index in [9.17, 15) is 10.2 Å². The largest absolute Gasteiger partial charge is 0.508 e. The molecule has 2 aromatic rings. The molecule has 1 unspecified atom stereocenters. The molecule has 2 rings (SSSR count). The summed E-state index contributed by atoms with van der Waals surface area (Å²) in [4.78, 5) is 0. The van der Waals surface area contributed by atoms with Gasteiger partial charge in [-0.3, -0.25) is 0 Å². The average Bonchev–Trinajstić information content (AvgIpc) is 2.45. The minimum Gasteiger partial charge on any atom is -0.508 e. The standard InChI is InChI=1S/C21H28O2/c1-20(2,3)16-12-15(22)13-17(21(4,5)6)18(16)19(23)14-10-8-7-9-11-14/h7-13,19,22-23H,1-6H3. The highest BCUT2D eigenvalue weighted by Crippen LogP contribution is 2.41. The van der Waals surface area contributed by atoms with Crippen molar-refractivity contribution in [3.63, 3.8) is 0 Å². The Morgan fingerprint density at radius 3 is 1.61 bits per heavy atom. The Hall–Kier alpha value is -1.80. The second-order valence-corrected chi connectivity index (χ2v) is 8.27. The first-order valence-corrected chi connectivity index (χ1v) is 8.12. The number of phenols is 1. The van der Waals surface area contributed by atoms with Gasteiger partial charge in [-0.1, -0.05) is 71.9 Å². The normalized spacial score (nSPS) is 13.9. The molecule has 0 aliphatic carbocycles. The highest BCUT2D eigenvalue weighted by molar-refractivity contribution is 5.51. The predicted molar refractivity (Wildman–Crippen MR) is 96.0 cm³/mol. The first-order chi connectivity index (χ1) is 10.5. The highest BCUT2D eigenvalue weighted by Gasteiger charge is 2.30. The van der Waals surface area contributed by atoms with Crippen molar-refractivity contribution in [2.24, 2.45) is 0 Å². The molecule has 0 radical (unpaired) electrons.